The van der Waals surface area contributed by atoms with Gasteiger partial charge in [-0.25, -0.2) is 4.79 Å². The normalized spacial score (nSPS) is 12.2. The standard InChI is InChI=1S/C23H18O2/c1-16(19-12-10-17-6-2-4-8-20(17)14-19)25-23(24)22-13-11-18-7-3-5-9-21(18)15-22/h2-16H,1H3/t16-/m0/s1. The Morgan fingerprint density at radius 3 is 1.96 bits per heavy atom. The molecule has 0 aliphatic rings. The number of ether oxygens (including phenoxy) is 1. The number of esters is 1. The van der Waals surface area contributed by atoms with Crippen molar-refractivity contribution in [3.8, 4) is 0 Å². The Bertz CT molecular complexity index is 1070. The molecule has 25 heavy (non-hydrogen) atoms. The van der Waals surface area contributed by atoms with Gasteiger partial charge in [-0.1, -0.05) is 66.7 Å². The molecule has 0 N–H and O–H groups in total. The Balaban J connectivity index is 1.57. The van der Waals surface area contributed by atoms with E-state index in [1.165, 1.54) is 5.39 Å². The maximum Gasteiger partial charge on any atom is 0.338 e. The summed E-state index contributed by atoms with van der Waals surface area (Å²) < 4.78 is 5.68. The van der Waals surface area contributed by atoms with Crippen molar-refractivity contribution in [3.63, 3.8) is 0 Å². The summed E-state index contributed by atoms with van der Waals surface area (Å²) in [5.74, 6) is -0.300. The summed E-state index contributed by atoms with van der Waals surface area (Å²) in [5.41, 5.74) is 1.57. The molecule has 0 amide bonds. The molecule has 0 bridgehead atoms. The van der Waals surface area contributed by atoms with Gasteiger partial charge in [0.05, 0.1) is 5.56 Å². The van der Waals surface area contributed by atoms with Crippen LogP contribution in [0, 0.1) is 0 Å². The van der Waals surface area contributed by atoms with E-state index in [1.807, 2.05) is 67.6 Å². The van der Waals surface area contributed by atoms with Crippen molar-refractivity contribution in [3.05, 3.63) is 96.1 Å². The number of benzene rings is 4. The summed E-state index contributed by atoms with van der Waals surface area (Å²) in [4.78, 5) is 12.5. The molecule has 0 saturated carbocycles. The molecule has 0 saturated heterocycles. The zero-order valence-electron chi connectivity index (χ0n) is 14.0. The van der Waals surface area contributed by atoms with Crippen LogP contribution >= 0.6 is 0 Å². The summed E-state index contributed by atoms with van der Waals surface area (Å²) in [5, 5.41) is 4.48. The van der Waals surface area contributed by atoms with Gasteiger partial charge in [-0.3, -0.25) is 0 Å². The van der Waals surface area contributed by atoms with Gasteiger partial charge in [0.15, 0.2) is 0 Å². The largest absolute Gasteiger partial charge is 0.454 e. The fraction of sp³-hybridized carbons (Fsp3) is 0.0870. The second-order valence-electron chi connectivity index (χ2n) is 6.22. The lowest BCUT2D eigenvalue weighted by atomic mass is 10.0. The Hall–Kier alpha value is -3.13. The van der Waals surface area contributed by atoms with E-state index in [0.717, 1.165) is 21.7 Å². The van der Waals surface area contributed by atoms with Gasteiger partial charge in [-0.15, -0.1) is 0 Å². The lowest BCUT2D eigenvalue weighted by Crippen LogP contribution is -2.09. The second kappa shape index (κ2) is 6.40. The Morgan fingerprint density at radius 2 is 1.28 bits per heavy atom. The van der Waals surface area contributed by atoms with E-state index in [2.05, 4.69) is 24.3 Å². The smallest absolute Gasteiger partial charge is 0.338 e. The van der Waals surface area contributed by atoms with Crippen LogP contribution in [0.4, 0.5) is 0 Å². The van der Waals surface area contributed by atoms with Crippen LogP contribution < -0.4 is 0 Å². The number of fused-ring (bicyclic) bond motifs is 2. The highest BCUT2D eigenvalue weighted by atomic mass is 16.5. The quantitative estimate of drug-likeness (QED) is 0.437. The fourth-order valence-electron chi connectivity index (χ4n) is 3.07. The molecule has 0 aliphatic carbocycles. The molecule has 122 valence electrons. The molecule has 0 heterocycles. The second-order valence-corrected chi connectivity index (χ2v) is 6.22. The summed E-state index contributed by atoms with van der Waals surface area (Å²) in [6.07, 6.45) is -0.302. The molecule has 0 aliphatic heterocycles. The molecule has 2 heteroatoms. The first-order valence-corrected chi connectivity index (χ1v) is 8.39. The molecule has 1 atom stereocenters. The van der Waals surface area contributed by atoms with E-state index in [1.54, 1.807) is 0 Å². The third kappa shape index (κ3) is 3.11. The molecule has 4 aromatic carbocycles. The van der Waals surface area contributed by atoms with Gasteiger partial charge in [-0.2, -0.15) is 0 Å². The first-order chi connectivity index (χ1) is 12.2. The van der Waals surface area contributed by atoms with E-state index in [9.17, 15) is 4.79 Å². The van der Waals surface area contributed by atoms with Gasteiger partial charge in [0.1, 0.15) is 6.10 Å². The van der Waals surface area contributed by atoms with Crippen molar-refractivity contribution in [1.82, 2.24) is 0 Å². The molecule has 0 unspecified atom stereocenters. The van der Waals surface area contributed by atoms with Crippen molar-refractivity contribution in [2.24, 2.45) is 0 Å². The average molecular weight is 326 g/mol. The van der Waals surface area contributed by atoms with Crippen molar-refractivity contribution in [1.29, 1.82) is 0 Å². The van der Waals surface area contributed by atoms with Gasteiger partial charge in [0.2, 0.25) is 0 Å². The van der Waals surface area contributed by atoms with Crippen LogP contribution in [0.25, 0.3) is 21.5 Å². The third-order valence-corrected chi connectivity index (χ3v) is 4.51. The lowest BCUT2D eigenvalue weighted by Gasteiger charge is -2.14. The van der Waals surface area contributed by atoms with Gasteiger partial charge in [0.25, 0.3) is 0 Å². The molecule has 0 aromatic heterocycles. The molecule has 4 aromatic rings. The van der Waals surface area contributed by atoms with Crippen LogP contribution in [0.15, 0.2) is 84.9 Å². The molecule has 2 nitrogen and oxygen atoms in total. The zero-order chi connectivity index (χ0) is 17.2. The predicted octanol–water partition coefficient (Wildman–Crippen LogP) is 5.91. The monoisotopic (exact) mass is 326 g/mol. The fourth-order valence-corrected chi connectivity index (χ4v) is 3.07. The molecule has 0 spiro atoms. The lowest BCUT2D eigenvalue weighted by molar-refractivity contribution is 0.0338. The van der Waals surface area contributed by atoms with Crippen molar-refractivity contribution < 1.29 is 9.53 Å². The number of carbonyl (C=O) groups excluding carboxylic acids is 1. The predicted molar refractivity (Wildman–Crippen MR) is 102 cm³/mol. The molecular weight excluding hydrogens is 308 g/mol. The van der Waals surface area contributed by atoms with Crippen molar-refractivity contribution >= 4 is 27.5 Å². The summed E-state index contributed by atoms with van der Waals surface area (Å²) in [6, 6.07) is 28.0. The van der Waals surface area contributed by atoms with Crippen LogP contribution in [0.1, 0.15) is 28.9 Å². The highest BCUT2D eigenvalue weighted by Crippen LogP contribution is 2.24. The summed E-state index contributed by atoms with van der Waals surface area (Å²) in [7, 11) is 0. The number of hydrogen-bond acceptors (Lipinski definition) is 2. The highest BCUT2D eigenvalue weighted by molar-refractivity contribution is 5.95. The van der Waals surface area contributed by atoms with E-state index in [-0.39, 0.29) is 12.1 Å². The van der Waals surface area contributed by atoms with Gasteiger partial charge in [-0.05, 0) is 52.2 Å². The van der Waals surface area contributed by atoms with Crippen LogP contribution in [-0.2, 0) is 4.74 Å². The molecule has 0 radical (unpaired) electrons. The Morgan fingerprint density at radius 1 is 0.720 bits per heavy atom. The van der Waals surface area contributed by atoms with Crippen molar-refractivity contribution in [2.75, 3.05) is 0 Å². The van der Waals surface area contributed by atoms with E-state index in [4.69, 9.17) is 4.74 Å². The Kier molecular flexibility index (Phi) is 3.95. The third-order valence-electron chi connectivity index (χ3n) is 4.51. The van der Waals surface area contributed by atoms with Crippen LogP contribution in [0.5, 0.6) is 0 Å². The van der Waals surface area contributed by atoms with Crippen LogP contribution in [0.3, 0.4) is 0 Å². The SMILES string of the molecule is C[C@H](OC(=O)c1ccc2ccccc2c1)c1ccc2ccccc2c1. The minimum absolute atomic E-state index is 0.300. The topological polar surface area (TPSA) is 26.3 Å². The van der Waals surface area contributed by atoms with Gasteiger partial charge in [0, 0.05) is 0 Å². The number of hydrogen-bond donors (Lipinski definition) is 0. The number of rotatable bonds is 3. The first kappa shape index (κ1) is 15.4. The molecule has 4 rings (SSSR count). The zero-order valence-corrected chi connectivity index (χ0v) is 14.0. The van der Waals surface area contributed by atoms with E-state index >= 15 is 0 Å². The van der Waals surface area contributed by atoms with E-state index in [0.29, 0.717) is 5.56 Å². The van der Waals surface area contributed by atoms with Crippen molar-refractivity contribution in [2.45, 2.75) is 13.0 Å². The maximum atomic E-state index is 12.5. The maximum absolute atomic E-state index is 12.5. The van der Waals surface area contributed by atoms with Crippen LogP contribution in [-0.4, -0.2) is 5.97 Å². The van der Waals surface area contributed by atoms with Gasteiger partial charge >= 0.3 is 5.97 Å². The minimum atomic E-state index is -0.302. The highest BCUT2D eigenvalue weighted by Gasteiger charge is 2.14. The average Bonchev–Trinajstić information content (AvgIpc) is 2.67. The molecular formula is C23H18O2. The Labute approximate surface area is 146 Å². The van der Waals surface area contributed by atoms with Gasteiger partial charge < -0.3 is 4.74 Å². The summed E-state index contributed by atoms with van der Waals surface area (Å²) in [6.45, 7) is 1.91. The number of carbonyl (C=O) groups is 1. The van der Waals surface area contributed by atoms with E-state index < -0.39 is 0 Å². The first-order valence-electron chi connectivity index (χ1n) is 8.39. The molecule has 0 fully saturated rings. The van der Waals surface area contributed by atoms with Crippen LogP contribution in [0.2, 0.25) is 0 Å². The summed E-state index contributed by atoms with van der Waals surface area (Å²) >= 11 is 0. The minimum Gasteiger partial charge on any atom is -0.454 e.